The van der Waals surface area contributed by atoms with Crippen molar-refractivity contribution in [3.05, 3.63) is 112 Å². The summed E-state index contributed by atoms with van der Waals surface area (Å²) in [6, 6.07) is 26.5. The molecule has 4 aromatic carbocycles. The lowest BCUT2D eigenvalue weighted by Gasteiger charge is -2.07. The van der Waals surface area contributed by atoms with Gasteiger partial charge in [0.05, 0.1) is 0 Å². The fourth-order valence-corrected chi connectivity index (χ4v) is 6.26. The SMILES string of the molecule is CCn1c2ccc(C(=O)/C(CSc3cccc(Br)c3)=N/OC(C)=O)cc2c2cc(C(=O)c3ccccc3C)ccc21. The van der Waals surface area contributed by atoms with Crippen molar-refractivity contribution >= 4 is 72.7 Å². The van der Waals surface area contributed by atoms with Gasteiger partial charge < -0.3 is 9.40 Å². The predicted molar refractivity (Wildman–Crippen MR) is 168 cm³/mol. The van der Waals surface area contributed by atoms with Crippen LogP contribution >= 0.6 is 27.7 Å². The lowest BCUT2D eigenvalue weighted by Crippen LogP contribution is -2.18. The minimum atomic E-state index is -0.602. The molecule has 0 aliphatic carbocycles. The van der Waals surface area contributed by atoms with Crippen LogP contribution in [0.1, 0.15) is 45.7 Å². The second kappa shape index (κ2) is 12.2. The Kier molecular flexibility index (Phi) is 8.52. The summed E-state index contributed by atoms with van der Waals surface area (Å²) in [5.74, 6) is -0.767. The Morgan fingerprint density at radius 1 is 0.878 bits per heavy atom. The van der Waals surface area contributed by atoms with Gasteiger partial charge in [-0.25, -0.2) is 4.79 Å². The summed E-state index contributed by atoms with van der Waals surface area (Å²) in [6.07, 6.45) is 0. The van der Waals surface area contributed by atoms with Crippen molar-refractivity contribution in [1.29, 1.82) is 0 Å². The Bertz CT molecular complexity index is 1860. The molecule has 5 aromatic rings. The van der Waals surface area contributed by atoms with Crippen molar-refractivity contribution in [2.75, 3.05) is 5.75 Å². The Balaban J connectivity index is 1.55. The summed E-state index contributed by atoms with van der Waals surface area (Å²) in [5, 5.41) is 5.66. The van der Waals surface area contributed by atoms with Crippen molar-refractivity contribution in [2.45, 2.75) is 32.2 Å². The van der Waals surface area contributed by atoms with Crippen molar-refractivity contribution in [2.24, 2.45) is 5.16 Å². The number of halogens is 1. The molecule has 0 aliphatic heterocycles. The highest BCUT2D eigenvalue weighted by molar-refractivity contribution is 9.10. The van der Waals surface area contributed by atoms with E-state index in [0.29, 0.717) is 16.7 Å². The Hall–Kier alpha value is -4.01. The van der Waals surface area contributed by atoms with E-state index < -0.39 is 5.97 Å². The number of thioether (sulfide) groups is 1. The second-order valence-corrected chi connectivity index (χ2v) is 11.5. The van der Waals surface area contributed by atoms with Crippen LogP contribution in [0.3, 0.4) is 0 Å². The fraction of sp³-hybridized carbons (Fsp3) is 0.152. The molecule has 0 radical (unpaired) electrons. The zero-order valence-electron chi connectivity index (χ0n) is 22.8. The van der Waals surface area contributed by atoms with Crippen LogP contribution in [0.5, 0.6) is 0 Å². The van der Waals surface area contributed by atoms with Gasteiger partial charge in [0.25, 0.3) is 0 Å². The van der Waals surface area contributed by atoms with Crippen molar-refractivity contribution < 1.29 is 19.2 Å². The molecule has 0 saturated carbocycles. The van der Waals surface area contributed by atoms with Gasteiger partial charge in [0.15, 0.2) is 5.78 Å². The third-order valence-corrected chi connectivity index (χ3v) is 8.31. The van der Waals surface area contributed by atoms with Crippen LogP contribution in [0.4, 0.5) is 0 Å². The number of nitrogens with zero attached hydrogens (tertiary/aromatic N) is 2. The van der Waals surface area contributed by atoms with Crippen LogP contribution in [0.15, 0.2) is 99.5 Å². The van der Waals surface area contributed by atoms with Crippen molar-refractivity contribution in [1.82, 2.24) is 4.57 Å². The summed E-state index contributed by atoms with van der Waals surface area (Å²) in [7, 11) is 0. The van der Waals surface area contributed by atoms with E-state index in [1.807, 2.05) is 85.8 Å². The maximum absolute atomic E-state index is 13.7. The number of rotatable bonds is 9. The van der Waals surface area contributed by atoms with Crippen LogP contribution in [0, 0.1) is 6.92 Å². The van der Waals surface area contributed by atoms with E-state index >= 15 is 0 Å². The van der Waals surface area contributed by atoms with Gasteiger partial charge in [0.1, 0.15) is 5.71 Å². The summed E-state index contributed by atoms with van der Waals surface area (Å²) >= 11 is 4.88. The first-order valence-electron chi connectivity index (χ1n) is 13.1. The number of benzene rings is 4. The molecule has 8 heteroatoms. The molecule has 0 bridgehead atoms. The number of hydrogen-bond acceptors (Lipinski definition) is 6. The number of ketones is 2. The molecule has 0 atom stereocenters. The molecular formula is C33H27BrN2O4S. The zero-order chi connectivity index (χ0) is 29.1. The monoisotopic (exact) mass is 626 g/mol. The van der Waals surface area contributed by atoms with Gasteiger partial charge >= 0.3 is 5.97 Å². The quantitative estimate of drug-likeness (QED) is 0.0544. The topological polar surface area (TPSA) is 77.7 Å². The third-order valence-electron chi connectivity index (χ3n) is 6.81. The first kappa shape index (κ1) is 28.5. The fourth-order valence-electron chi connectivity index (χ4n) is 4.84. The molecule has 0 amide bonds. The molecule has 0 N–H and O–H groups in total. The van der Waals surface area contributed by atoms with E-state index in [0.717, 1.165) is 43.3 Å². The van der Waals surface area contributed by atoms with Gasteiger partial charge in [-0.15, -0.1) is 11.8 Å². The first-order valence-corrected chi connectivity index (χ1v) is 14.9. The second-order valence-electron chi connectivity index (χ2n) is 9.55. The molecule has 1 aromatic heterocycles. The number of aryl methyl sites for hydroxylation is 2. The van der Waals surface area contributed by atoms with E-state index in [9.17, 15) is 14.4 Å². The average molecular weight is 628 g/mol. The number of fused-ring (bicyclic) bond motifs is 3. The maximum Gasteiger partial charge on any atom is 0.331 e. The smallest absolute Gasteiger partial charge is 0.331 e. The largest absolute Gasteiger partial charge is 0.341 e. The summed E-state index contributed by atoms with van der Waals surface area (Å²) in [5.41, 5.74) is 4.65. The highest BCUT2D eigenvalue weighted by atomic mass is 79.9. The number of hydrogen-bond donors (Lipinski definition) is 0. The normalized spacial score (nSPS) is 11.7. The van der Waals surface area contributed by atoms with Gasteiger partial charge in [-0.05, 0) is 74.0 Å². The molecule has 6 nitrogen and oxygen atoms in total. The Morgan fingerprint density at radius 2 is 1.56 bits per heavy atom. The van der Waals surface area contributed by atoms with Crippen LogP contribution in [-0.2, 0) is 16.2 Å². The maximum atomic E-state index is 13.7. The Labute approximate surface area is 250 Å². The third kappa shape index (κ3) is 6.04. The summed E-state index contributed by atoms with van der Waals surface area (Å²) in [6.45, 7) is 5.96. The number of oxime groups is 1. The average Bonchev–Trinajstić information content (AvgIpc) is 3.29. The van der Waals surface area contributed by atoms with Gasteiger partial charge in [0.2, 0.25) is 5.78 Å². The molecule has 1 heterocycles. The van der Waals surface area contributed by atoms with Crippen LogP contribution in [0.2, 0.25) is 0 Å². The highest BCUT2D eigenvalue weighted by Crippen LogP contribution is 2.32. The van der Waals surface area contributed by atoms with Crippen LogP contribution < -0.4 is 0 Å². The van der Waals surface area contributed by atoms with E-state index in [-0.39, 0.29) is 23.0 Å². The van der Waals surface area contributed by atoms with Gasteiger partial charge in [-0.1, -0.05) is 51.4 Å². The van der Waals surface area contributed by atoms with Crippen molar-refractivity contribution in [3.63, 3.8) is 0 Å². The number of carbonyl (C=O) groups is 3. The lowest BCUT2D eigenvalue weighted by atomic mass is 9.97. The predicted octanol–water partition coefficient (Wildman–Crippen LogP) is 8.01. The van der Waals surface area contributed by atoms with E-state index in [1.165, 1.54) is 18.7 Å². The highest BCUT2D eigenvalue weighted by Gasteiger charge is 2.20. The van der Waals surface area contributed by atoms with E-state index in [2.05, 4.69) is 32.6 Å². The van der Waals surface area contributed by atoms with E-state index in [1.54, 1.807) is 6.07 Å². The molecule has 41 heavy (non-hydrogen) atoms. The van der Waals surface area contributed by atoms with Crippen molar-refractivity contribution in [3.8, 4) is 0 Å². The summed E-state index contributed by atoms with van der Waals surface area (Å²) in [4.78, 5) is 44.4. The number of Topliss-reactive ketones (excluding diaryl/α,β-unsaturated/α-hetero) is 1. The molecule has 0 unspecified atom stereocenters. The minimum Gasteiger partial charge on any atom is -0.341 e. The number of carbonyl (C=O) groups excluding carboxylic acids is 3. The molecular weight excluding hydrogens is 600 g/mol. The minimum absolute atomic E-state index is 0.0463. The Morgan fingerprint density at radius 3 is 2.22 bits per heavy atom. The molecule has 0 fully saturated rings. The standard InChI is InChI=1S/C33H27BrN2O4S/c1-4-36-30-14-12-22(32(38)26-11-6-5-8-20(26)2)16-27(30)28-17-23(13-15-31(28)36)33(39)29(35-40-21(3)37)19-41-25-10-7-9-24(34)18-25/h5-18H,4,19H2,1-3H3/b35-29+. The molecule has 0 aliphatic rings. The zero-order valence-corrected chi connectivity index (χ0v) is 25.2. The first-order chi connectivity index (χ1) is 19.8. The van der Waals surface area contributed by atoms with Crippen LogP contribution in [-0.4, -0.2) is 33.6 Å². The van der Waals surface area contributed by atoms with Gasteiger partial charge in [-0.2, -0.15) is 0 Å². The summed E-state index contributed by atoms with van der Waals surface area (Å²) < 4.78 is 3.09. The van der Waals surface area contributed by atoms with Gasteiger partial charge in [0, 0.05) is 67.1 Å². The van der Waals surface area contributed by atoms with Gasteiger partial charge in [-0.3, -0.25) is 9.59 Å². The van der Waals surface area contributed by atoms with Crippen LogP contribution in [0.25, 0.3) is 21.8 Å². The molecule has 5 rings (SSSR count). The molecule has 206 valence electrons. The molecule has 0 saturated heterocycles. The molecule has 0 spiro atoms. The van der Waals surface area contributed by atoms with E-state index in [4.69, 9.17) is 4.84 Å². The lowest BCUT2D eigenvalue weighted by molar-refractivity contribution is -0.140. The number of aromatic nitrogens is 1.